The van der Waals surface area contributed by atoms with Crippen LogP contribution in [0.15, 0.2) is 21.6 Å². The highest BCUT2D eigenvalue weighted by Crippen LogP contribution is 2.34. The van der Waals surface area contributed by atoms with Crippen molar-refractivity contribution in [3.63, 3.8) is 0 Å². The topological polar surface area (TPSA) is 63.8 Å². The lowest BCUT2D eigenvalue weighted by molar-refractivity contribution is 0.374. The van der Waals surface area contributed by atoms with Crippen LogP contribution >= 0.6 is 23.6 Å². The molecule has 0 atom stereocenters. The van der Waals surface area contributed by atoms with Crippen molar-refractivity contribution in [2.45, 2.75) is 25.8 Å². The molecule has 4 rings (SSSR count). The zero-order chi connectivity index (χ0) is 13.7. The Morgan fingerprint density at radius 3 is 3.20 bits per heavy atom. The summed E-state index contributed by atoms with van der Waals surface area (Å²) in [5.74, 6) is 0.623. The van der Waals surface area contributed by atoms with Gasteiger partial charge in [-0.05, 0) is 37.0 Å². The number of aromatic nitrogens is 3. The summed E-state index contributed by atoms with van der Waals surface area (Å²) in [7, 11) is 0. The molecule has 0 saturated carbocycles. The molecule has 0 spiro atoms. The van der Waals surface area contributed by atoms with Crippen LogP contribution in [0.3, 0.4) is 0 Å². The maximum Gasteiger partial charge on any atom is 0.263 e. The van der Waals surface area contributed by atoms with Crippen LogP contribution in [0.5, 0.6) is 0 Å². The first kappa shape index (κ1) is 12.0. The summed E-state index contributed by atoms with van der Waals surface area (Å²) in [5.41, 5.74) is 1.17. The quantitative estimate of drug-likeness (QED) is 0.739. The summed E-state index contributed by atoms with van der Waals surface area (Å²) < 4.78 is 7.04. The number of hydrogen-bond donors (Lipinski definition) is 1. The third-order valence-corrected chi connectivity index (χ3v) is 5.18. The van der Waals surface area contributed by atoms with Gasteiger partial charge >= 0.3 is 0 Å². The minimum atomic E-state index is -0.0282. The molecule has 0 aromatic carbocycles. The van der Waals surface area contributed by atoms with Crippen LogP contribution in [0.2, 0.25) is 0 Å². The van der Waals surface area contributed by atoms with Crippen molar-refractivity contribution in [3.05, 3.63) is 43.6 Å². The van der Waals surface area contributed by atoms with E-state index in [0.29, 0.717) is 17.1 Å². The highest BCUT2D eigenvalue weighted by molar-refractivity contribution is 7.71. The molecule has 102 valence electrons. The molecule has 3 aromatic rings. The summed E-state index contributed by atoms with van der Waals surface area (Å²) >= 11 is 6.96. The predicted octanol–water partition coefficient (Wildman–Crippen LogP) is 2.65. The summed E-state index contributed by atoms with van der Waals surface area (Å²) in [6.07, 6.45) is 4.75. The Balaban J connectivity index is 1.97. The second kappa shape index (κ2) is 4.39. The van der Waals surface area contributed by atoms with Crippen molar-refractivity contribution in [2.24, 2.45) is 0 Å². The van der Waals surface area contributed by atoms with Crippen molar-refractivity contribution in [3.8, 4) is 0 Å². The van der Waals surface area contributed by atoms with Crippen LogP contribution in [0.25, 0.3) is 10.2 Å². The van der Waals surface area contributed by atoms with Gasteiger partial charge in [-0.3, -0.25) is 9.36 Å². The van der Waals surface area contributed by atoms with E-state index >= 15 is 0 Å². The SMILES string of the molecule is O=c1c2c3c(sc2[nH]c(=S)n1Cc1ccno1)CCC3. The third kappa shape index (κ3) is 1.70. The monoisotopic (exact) mass is 305 g/mol. The number of H-pyrrole nitrogens is 1. The molecule has 0 aliphatic heterocycles. The fraction of sp³-hybridized carbons (Fsp3) is 0.308. The van der Waals surface area contributed by atoms with E-state index in [4.69, 9.17) is 16.7 Å². The van der Waals surface area contributed by atoms with Crippen LogP contribution in [0.4, 0.5) is 0 Å². The first-order valence-electron chi connectivity index (χ1n) is 6.41. The Bertz CT molecular complexity index is 902. The average molecular weight is 305 g/mol. The molecule has 5 nitrogen and oxygen atoms in total. The molecule has 0 radical (unpaired) electrons. The number of fused-ring (bicyclic) bond motifs is 3. The number of rotatable bonds is 2. The normalized spacial score (nSPS) is 14.0. The number of aryl methyl sites for hydroxylation is 2. The number of aromatic amines is 1. The standard InChI is InChI=1S/C13H11N3O2S2/c17-12-10-8-2-1-3-9(8)20-11(10)15-13(19)16(12)6-7-4-5-14-18-7/h4-5H,1-3,6H2,(H,15,19). The highest BCUT2D eigenvalue weighted by atomic mass is 32.1. The fourth-order valence-corrected chi connectivity index (χ4v) is 4.33. The van der Waals surface area contributed by atoms with Crippen LogP contribution in [0, 0.1) is 4.77 Å². The number of thiophene rings is 1. The molecule has 3 aromatic heterocycles. The lowest BCUT2D eigenvalue weighted by Crippen LogP contribution is -2.22. The van der Waals surface area contributed by atoms with E-state index < -0.39 is 0 Å². The van der Waals surface area contributed by atoms with E-state index in [1.807, 2.05) is 0 Å². The molecular weight excluding hydrogens is 294 g/mol. The molecule has 0 bridgehead atoms. The van der Waals surface area contributed by atoms with Crippen molar-refractivity contribution in [1.29, 1.82) is 0 Å². The van der Waals surface area contributed by atoms with Gasteiger partial charge in [0.15, 0.2) is 10.5 Å². The number of hydrogen-bond acceptors (Lipinski definition) is 5. The summed E-state index contributed by atoms with van der Waals surface area (Å²) in [4.78, 5) is 18.1. The third-order valence-electron chi connectivity index (χ3n) is 3.65. The Morgan fingerprint density at radius 1 is 1.50 bits per heavy atom. The first-order valence-corrected chi connectivity index (χ1v) is 7.63. The van der Waals surface area contributed by atoms with E-state index in [0.717, 1.165) is 29.5 Å². The Hall–Kier alpha value is -1.73. The maximum atomic E-state index is 12.7. The van der Waals surface area contributed by atoms with Crippen molar-refractivity contribution >= 4 is 33.8 Å². The molecular formula is C13H11N3O2S2. The molecule has 1 aliphatic carbocycles. The number of nitrogens with one attached hydrogen (secondary N) is 1. The van der Waals surface area contributed by atoms with Gasteiger partial charge in [0.05, 0.1) is 18.1 Å². The minimum Gasteiger partial charge on any atom is -0.359 e. The Labute approximate surface area is 122 Å². The first-order chi connectivity index (χ1) is 9.74. The van der Waals surface area contributed by atoms with Gasteiger partial charge in [-0.25, -0.2) is 0 Å². The van der Waals surface area contributed by atoms with Gasteiger partial charge in [-0.2, -0.15) is 0 Å². The minimum absolute atomic E-state index is 0.0282. The summed E-state index contributed by atoms with van der Waals surface area (Å²) in [6.45, 7) is 0.314. The largest absolute Gasteiger partial charge is 0.359 e. The van der Waals surface area contributed by atoms with Gasteiger partial charge in [0, 0.05) is 10.9 Å². The van der Waals surface area contributed by atoms with Gasteiger partial charge in [-0.1, -0.05) is 5.16 Å². The van der Waals surface area contributed by atoms with Crippen LogP contribution in [-0.4, -0.2) is 14.7 Å². The van der Waals surface area contributed by atoms with Crippen molar-refractivity contribution in [1.82, 2.24) is 14.7 Å². The molecule has 0 amide bonds. The average Bonchev–Trinajstić information content (AvgIpc) is 3.09. The molecule has 3 heterocycles. The molecule has 0 unspecified atom stereocenters. The van der Waals surface area contributed by atoms with Crippen molar-refractivity contribution in [2.75, 3.05) is 0 Å². The van der Waals surface area contributed by atoms with Crippen LogP contribution in [-0.2, 0) is 19.4 Å². The lowest BCUT2D eigenvalue weighted by Gasteiger charge is -2.04. The Kier molecular flexibility index (Phi) is 2.64. The lowest BCUT2D eigenvalue weighted by atomic mass is 10.2. The van der Waals surface area contributed by atoms with Crippen LogP contribution in [0.1, 0.15) is 22.6 Å². The predicted molar refractivity (Wildman–Crippen MR) is 78.9 cm³/mol. The van der Waals surface area contributed by atoms with Gasteiger partial charge < -0.3 is 9.51 Å². The summed E-state index contributed by atoms with van der Waals surface area (Å²) in [6, 6.07) is 1.74. The van der Waals surface area contributed by atoms with E-state index in [-0.39, 0.29) is 5.56 Å². The summed E-state index contributed by atoms with van der Waals surface area (Å²) in [5, 5.41) is 4.46. The van der Waals surface area contributed by atoms with E-state index in [2.05, 4.69) is 10.1 Å². The van der Waals surface area contributed by atoms with Gasteiger partial charge in [0.1, 0.15) is 4.83 Å². The van der Waals surface area contributed by atoms with E-state index in [1.54, 1.807) is 28.2 Å². The zero-order valence-corrected chi connectivity index (χ0v) is 12.1. The maximum absolute atomic E-state index is 12.7. The van der Waals surface area contributed by atoms with Gasteiger partial charge in [-0.15, -0.1) is 11.3 Å². The molecule has 0 fully saturated rings. The fourth-order valence-electron chi connectivity index (χ4n) is 2.73. The molecule has 1 N–H and O–H groups in total. The smallest absolute Gasteiger partial charge is 0.263 e. The number of nitrogens with zero attached hydrogens (tertiary/aromatic N) is 2. The van der Waals surface area contributed by atoms with E-state index in [9.17, 15) is 4.79 Å². The van der Waals surface area contributed by atoms with Crippen LogP contribution < -0.4 is 5.56 Å². The molecule has 7 heteroatoms. The second-order valence-electron chi connectivity index (χ2n) is 4.86. The van der Waals surface area contributed by atoms with Gasteiger partial charge in [0.25, 0.3) is 5.56 Å². The zero-order valence-electron chi connectivity index (χ0n) is 10.5. The highest BCUT2D eigenvalue weighted by Gasteiger charge is 2.21. The van der Waals surface area contributed by atoms with Gasteiger partial charge in [0.2, 0.25) is 0 Å². The molecule has 20 heavy (non-hydrogen) atoms. The second-order valence-corrected chi connectivity index (χ2v) is 6.35. The Morgan fingerprint density at radius 2 is 2.40 bits per heavy atom. The molecule has 0 saturated heterocycles. The van der Waals surface area contributed by atoms with E-state index in [1.165, 1.54) is 10.4 Å². The molecule has 1 aliphatic rings. The van der Waals surface area contributed by atoms with Crippen molar-refractivity contribution < 1.29 is 4.52 Å².